The van der Waals surface area contributed by atoms with Crippen molar-refractivity contribution in [3.63, 3.8) is 0 Å². The van der Waals surface area contributed by atoms with Gasteiger partial charge in [-0.05, 0) is 19.1 Å². The number of hydrogen-bond donors (Lipinski definition) is 2. The molecule has 1 aromatic heterocycles. The lowest BCUT2D eigenvalue weighted by molar-refractivity contribution is -0.136. The second kappa shape index (κ2) is 6.99. The number of amides is 1. The molecule has 0 fully saturated rings. The number of aromatic nitrogens is 1. The number of carbonyl (C=O) groups is 2. The second-order valence-corrected chi connectivity index (χ2v) is 7.01. The monoisotopic (exact) mass is 381 g/mol. The van der Waals surface area contributed by atoms with Crippen molar-refractivity contribution in [3.05, 3.63) is 33.4 Å². The van der Waals surface area contributed by atoms with Crippen LogP contribution in [0.3, 0.4) is 0 Å². The van der Waals surface area contributed by atoms with Crippen molar-refractivity contribution in [1.29, 1.82) is 0 Å². The number of β-amino-alcohol motifs (C(OH)–C–C–N with tert-alkyl or cyclic N) is 1. The molecule has 132 valence electrons. The minimum atomic E-state index is -0.595. The highest BCUT2D eigenvalue weighted by Gasteiger charge is 2.34. The van der Waals surface area contributed by atoms with Crippen molar-refractivity contribution < 1.29 is 19.4 Å². The molecule has 0 saturated carbocycles. The predicted octanol–water partition coefficient (Wildman–Crippen LogP) is 1.93. The van der Waals surface area contributed by atoms with E-state index in [2.05, 4.69) is 10.3 Å². The Balaban J connectivity index is 2.00. The molecule has 2 heterocycles. The maximum absolute atomic E-state index is 12.5. The van der Waals surface area contributed by atoms with Gasteiger partial charge in [0.2, 0.25) is 0 Å². The summed E-state index contributed by atoms with van der Waals surface area (Å²) in [6, 6.07) is 3.52. The molecule has 7 nitrogen and oxygen atoms in total. The zero-order valence-corrected chi connectivity index (χ0v) is 15.2. The molecule has 25 heavy (non-hydrogen) atoms. The fourth-order valence-electron chi connectivity index (χ4n) is 2.65. The van der Waals surface area contributed by atoms with E-state index in [9.17, 15) is 9.59 Å². The van der Waals surface area contributed by atoms with E-state index in [1.807, 2.05) is 6.92 Å². The van der Waals surface area contributed by atoms with E-state index >= 15 is 0 Å². The zero-order valence-electron chi connectivity index (χ0n) is 13.6. The van der Waals surface area contributed by atoms with Gasteiger partial charge >= 0.3 is 5.97 Å². The lowest BCUT2D eigenvalue weighted by atomic mass is 10.2. The van der Waals surface area contributed by atoms with Crippen LogP contribution in [-0.4, -0.2) is 53.7 Å². The van der Waals surface area contributed by atoms with E-state index in [0.29, 0.717) is 10.7 Å². The van der Waals surface area contributed by atoms with Crippen LogP contribution in [0.1, 0.15) is 5.01 Å². The van der Waals surface area contributed by atoms with Gasteiger partial charge in [-0.2, -0.15) is 0 Å². The smallest absolute Gasteiger partial charge is 0.337 e. The molecule has 0 unspecified atom stereocenters. The van der Waals surface area contributed by atoms with E-state index < -0.39 is 5.97 Å². The molecular weight excluding hydrogens is 366 g/mol. The molecule has 1 amide bonds. The molecule has 1 aliphatic rings. The van der Waals surface area contributed by atoms with Crippen LogP contribution in [0.2, 0.25) is 5.02 Å². The molecule has 1 aliphatic heterocycles. The number of fused-ring (bicyclic) bond motifs is 1. The first-order valence-corrected chi connectivity index (χ1v) is 8.70. The Bertz CT molecular complexity index is 893. The van der Waals surface area contributed by atoms with E-state index in [-0.39, 0.29) is 36.9 Å². The van der Waals surface area contributed by atoms with E-state index in [4.69, 9.17) is 21.4 Å². The highest BCUT2D eigenvalue weighted by molar-refractivity contribution is 7.19. The van der Waals surface area contributed by atoms with Gasteiger partial charge in [-0.1, -0.05) is 11.6 Å². The topological polar surface area (TPSA) is 91.8 Å². The molecule has 0 saturated heterocycles. The zero-order chi connectivity index (χ0) is 18.1. The Morgan fingerprint density at radius 3 is 2.96 bits per heavy atom. The molecule has 1 aromatic carbocycles. The standard InChI is InChI=1S/C16H16ClN3O4S/c1-8-18-11-4-3-10(12(17)14(11)25-8)19-13-9(16(23)24-2)7-20(5-6-21)15(13)22/h3-4,19,21H,5-7H2,1-2H3. The Hall–Kier alpha value is -2.16. The van der Waals surface area contributed by atoms with Crippen LogP contribution in [0, 0.1) is 6.92 Å². The number of carbonyl (C=O) groups excluding carboxylic acids is 2. The summed E-state index contributed by atoms with van der Waals surface area (Å²) >= 11 is 7.90. The molecule has 2 N–H and O–H groups in total. The van der Waals surface area contributed by atoms with E-state index in [0.717, 1.165) is 15.2 Å². The van der Waals surface area contributed by atoms with E-state index in [1.54, 1.807) is 12.1 Å². The fourth-order valence-corrected chi connectivity index (χ4v) is 3.83. The van der Waals surface area contributed by atoms with E-state index in [1.165, 1.54) is 23.3 Å². The molecule has 0 radical (unpaired) electrons. The van der Waals surface area contributed by atoms with Crippen molar-refractivity contribution in [3.8, 4) is 0 Å². The molecule has 0 aliphatic carbocycles. The minimum absolute atomic E-state index is 0.0773. The number of hydrogen-bond acceptors (Lipinski definition) is 7. The number of methoxy groups -OCH3 is 1. The third-order valence-corrected chi connectivity index (χ3v) is 5.33. The fraction of sp³-hybridized carbons (Fsp3) is 0.312. The molecule has 3 rings (SSSR count). The summed E-state index contributed by atoms with van der Waals surface area (Å²) in [5.74, 6) is -0.978. The summed E-state index contributed by atoms with van der Waals surface area (Å²) in [4.78, 5) is 30.3. The first-order valence-electron chi connectivity index (χ1n) is 7.50. The molecule has 9 heteroatoms. The van der Waals surface area contributed by atoms with Crippen LogP contribution >= 0.6 is 22.9 Å². The molecular formula is C16H16ClN3O4S. The molecule has 0 bridgehead atoms. The first-order chi connectivity index (χ1) is 12.0. The Morgan fingerprint density at radius 2 is 2.28 bits per heavy atom. The van der Waals surface area contributed by atoms with Crippen LogP contribution in [0.5, 0.6) is 0 Å². The second-order valence-electron chi connectivity index (χ2n) is 5.43. The van der Waals surface area contributed by atoms with Gasteiger partial charge in [0, 0.05) is 6.54 Å². The van der Waals surface area contributed by atoms with Crippen LogP contribution in [0.25, 0.3) is 10.2 Å². The quantitative estimate of drug-likeness (QED) is 0.769. The van der Waals surface area contributed by atoms with Crippen molar-refractivity contribution >= 4 is 50.7 Å². The third-order valence-electron chi connectivity index (χ3n) is 3.82. The average molecular weight is 382 g/mol. The van der Waals surface area contributed by atoms with Crippen LogP contribution in [-0.2, 0) is 14.3 Å². The van der Waals surface area contributed by atoms with Crippen LogP contribution in [0.4, 0.5) is 5.69 Å². The lowest BCUT2D eigenvalue weighted by Crippen LogP contribution is -2.31. The number of aliphatic hydroxyl groups is 1. The summed E-state index contributed by atoms with van der Waals surface area (Å²) in [6.07, 6.45) is 0. The maximum Gasteiger partial charge on any atom is 0.337 e. The predicted molar refractivity (Wildman–Crippen MR) is 95.7 cm³/mol. The Labute approximate surface area is 152 Å². The summed E-state index contributed by atoms with van der Waals surface area (Å²) in [5.41, 5.74) is 1.61. The van der Waals surface area contributed by atoms with Crippen molar-refractivity contribution in [2.24, 2.45) is 0 Å². The summed E-state index contributed by atoms with van der Waals surface area (Å²) < 4.78 is 5.57. The van der Waals surface area contributed by atoms with Gasteiger partial charge in [-0.3, -0.25) is 4.79 Å². The molecule has 0 atom stereocenters. The largest absolute Gasteiger partial charge is 0.466 e. The number of nitrogens with one attached hydrogen (secondary N) is 1. The third kappa shape index (κ3) is 3.20. The highest BCUT2D eigenvalue weighted by Crippen LogP contribution is 2.36. The average Bonchev–Trinajstić information content (AvgIpc) is 3.12. The Kier molecular flexibility index (Phi) is 4.94. The van der Waals surface area contributed by atoms with Crippen molar-refractivity contribution in [2.45, 2.75) is 6.92 Å². The van der Waals surface area contributed by atoms with Crippen molar-refractivity contribution in [1.82, 2.24) is 9.88 Å². The molecule has 0 spiro atoms. The SMILES string of the molecule is COC(=O)C1=C(Nc2ccc3nc(C)sc3c2Cl)C(=O)N(CCO)C1. The van der Waals surface area contributed by atoms with Crippen LogP contribution < -0.4 is 5.32 Å². The number of rotatable bonds is 5. The van der Waals surface area contributed by atoms with Gasteiger partial charge < -0.3 is 20.1 Å². The number of halogens is 1. The summed E-state index contributed by atoms with van der Waals surface area (Å²) in [7, 11) is 1.26. The van der Waals surface area contributed by atoms with Gasteiger partial charge in [0.05, 0.1) is 51.8 Å². The number of anilines is 1. The maximum atomic E-state index is 12.5. The normalized spacial score (nSPS) is 14.6. The number of nitrogens with zero attached hydrogens (tertiary/aromatic N) is 2. The Morgan fingerprint density at radius 1 is 1.52 bits per heavy atom. The first kappa shape index (κ1) is 17.7. The number of ether oxygens (including phenoxy) is 1. The lowest BCUT2D eigenvalue weighted by Gasteiger charge is -2.15. The minimum Gasteiger partial charge on any atom is -0.466 e. The number of esters is 1. The summed E-state index contributed by atoms with van der Waals surface area (Å²) in [5, 5.41) is 13.4. The highest BCUT2D eigenvalue weighted by atomic mass is 35.5. The van der Waals surface area contributed by atoms with Gasteiger partial charge in [0.1, 0.15) is 5.70 Å². The summed E-state index contributed by atoms with van der Waals surface area (Å²) in [6.45, 7) is 1.90. The van der Waals surface area contributed by atoms with Gasteiger partial charge in [0.15, 0.2) is 0 Å². The number of aliphatic hydroxyl groups excluding tert-OH is 1. The van der Waals surface area contributed by atoms with Gasteiger partial charge in [0.25, 0.3) is 5.91 Å². The number of thiazole rings is 1. The number of aryl methyl sites for hydroxylation is 1. The van der Waals surface area contributed by atoms with Gasteiger partial charge in [-0.25, -0.2) is 9.78 Å². The van der Waals surface area contributed by atoms with Gasteiger partial charge in [-0.15, -0.1) is 11.3 Å². The molecule has 2 aromatic rings. The van der Waals surface area contributed by atoms with Crippen molar-refractivity contribution in [2.75, 3.05) is 32.1 Å². The van der Waals surface area contributed by atoms with Crippen LogP contribution in [0.15, 0.2) is 23.4 Å². The number of benzene rings is 1.